The summed E-state index contributed by atoms with van der Waals surface area (Å²) < 4.78 is 19.2. The average Bonchev–Trinajstić information content (AvgIpc) is 2.43. The lowest BCUT2D eigenvalue weighted by Crippen LogP contribution is -2.30. The van der Waals surface area contributed by atoms with Crippen molar-refractivity contribution in [1.29, 1.82) is 0 Å². The molecule has 0 N–H and O–H groups in total. The third kappa shape index (κ3) is 7.85. The van der Waals surface area contributed by atoms with Crippen LogP contribution >= 0.6 is 0 Å². The fourth-order valence-corrected chi connectivity index (χ4v) is 1.17. The van der Waals surface area contributed by atoms with Crippen molar-refractivity contribution < 1.29 is 33.3 Å². The number of esters is 2. The first kappa shape index (κ1) is 18.5. The van der Waals surface area contributed by atoms with E-state index in [9.17, 15) is 14.4 Å². The van der Waals surface area contributed by atoms with Crippen molar-refractivity contribution in [2.24, 2.45) is 0 Å². The van der Waals surface area contributed by atoms with Crippen LogP contribution in [0, 0.1) is 0 Å². The van der Waals surface area contributed by atoms with Gasteiger partial charge >= 0.3 is 11.9 Å². The summed E-state index contributed by atoms with van der Waals surface area (Å²) in [5, 5.41) is 0. The molecule has 116 valence electrons. The molecule has 0 aliphatic rings. The maximum Gasteiger partial charge on any atom is 0.335 e. The first-order valence-corrected chi connectivity index (χ1v) is 6.33. The van der Waals surface area contributed by atoms with Crippen LogP contribution in [0.2, 0.25) is 0 Å². The van der Waals surface area contributed by atoms with Gasteiger partial charge in [0.2, 0.25) is 0 Å². The van der Waals surface area contributed by atoms with E-state index in [1.165, 1.54) is 28.1 Å². The number of ether oxygens (including phenoxy) is 4. The summed E-state index contributed by atoms with van der Waals surface area (Å²) in [6.07, 6.45) is -1.73. The van der Waals surface area contributed by atoms with E-state index in [2.05, 4.69) is 0 Å². The van der Waals surface area contributed by atoms with Crippen molar-refractivity contribution >= 4 is 17.7 Å². The molecule has 0 bridgehead atoms. The Balaban J connectivity index is 3.96. The second kappa shape index (κ2) is 10.3. The first-order chi connectivity index (χ1) is 9.42. The van der Waals surface area contributed by atoms with Gasteiger partial charge in [-0.15, -0.1) is 0 Å². The summed E-state index contributed by atoms with van der Waals surface area (Å²) in [5.41, 5.74) is 0. The summed E-state index contributed by atoms with van der Waals surface area (Å²) >= 11 is 0. The van der Waals surface area contributed by atoms with Gasteiger partial charge in [0.05, 0.1) is 13.0 Å². The number of hydrogen-bond acceptors (Lipinski definition) is 7. The highest BCUT2D eigenvalue weighted by atomic mass is 16.6. The van der Waals surface area contributed by atoms with Gasteiger partial charge in [0.1, 0.15) is 6.61 Å². The highest BCUT2D eigenvalue weighted by Gasteiger charge is 2.22. The van der Waals surface area contributed by atoms with Crippen LogP contribution in [0.25, 0.3) is 0 Å². The minimum atomic E-state index is -0.910. The molecular formula is C13H22O7. The lowest BCUT2D eigenvalue weighted by molar-refractivity contribution is -0.163. The quantitative estimate of drug-likeness (QED) is 0.427. The summed E-state index contributed by atoms with van der Waals surface area (Å²) in [7, 11) is 2.86. The fraction of sp³-hybridized carbons (Fsp3) is 0.769. The SMILES string of the molecule is COCCOC(=O)CCC(=O)C(C)OC(=O)C(C)OC. The molecule has 0 amide bonds. The Kier molecular flexibility index (Phi) is 9.57. The second-order valence-corrected chi connectivity index (χ2v) is 4.14. The Morgan fingerprint density at radius 3 is 2.15 bits per heavy atom. The Hall–Kier alpha value is -1.47. The zero-order valence-corrected chi connectivity index (χ0v) is 12.3. The molecule has 0 saturated carbocycles. The molecule has 2 atom stereocenters. The molecule has 0 fully saturated rings. The molecule has 20 heavy (non-hydrogen) atoms. The number of methoxy groups -OCH3 is 2. The molecule has 2 unspecified atom stereocenters. The molecule has 0 aromatic heterocycles. The molecule has 7 heteroatoms. The van der Waals surface area contributed by atoms with E-state index in [4.69, 9.17) is 18.9 Å². The second-order valence-electron chi connectivity index (χ2n) is 4.14. The van der Waals surface area contributed by atoms with Gasteiger partial charge in [0.15, 0.2) is 18.0 Å². The number of carbonyl (C=O) groups is 3. The number of Topliss-reactive ketones (excluding diaryl/α,β-unsaturated/α-hetero) is 1. The van der Waals surface area contributed by atoms with Gasteiger partial charge < -0.3 is 18.9 Å². The molecule has 0 spiro atoms. The Bertz CT molecular complexity index is 327. The maximum atomic E-state index is 11.7. The van der Waals surface area contributed by atoms with E-state index >= 15 is 0 Å². The van der Waals surface area contributed by atoms with Gasteiger partial charge in [-0.3, -0.25) is 9.59 Å². The van der Waals surface area contributed by atoms with Crippen molar-refractivity contribution in [3.05, 3.63) is 0 Å². The van der Waals surface area contributed by atoms with Crippen LogP contribution in [0.4, 0.5) is 0 Å². The Morgan fingerprint density at radius 2 is 1.60 bits per heavy atom. The number of hydrogen-bond donors (Lipinski definition) is 0. The van der Waals surface area contributed by atoms with Gasteiger partial charge in [-0.1, -0.05) is 0 Å². The van der Waals surface area contributed by atoms with E-state index in [-0.39, 0.29) is 25.2 Å². The van der Waals surface area contributed by atoms with E-state index < -0.39 is 24.1 Å². The molecule has 0 saturated heterocycles. The van der Waals surface area contributed by atoms with Crippen LogP contribution < -0.4 is 0 Å². The molecule has 0 rings (SSSR count). The monoisotopic (exact) mass is 290 g/mol. The predicted molar refractivity (Wildman–Crippen MR) is 69.1 cm³/mol. The highest BCUT2D eigenvalue weighted by molar-refractivity contribution is 5.88. The smallest absolute Gasteiger partial charge is 0.335 e. The normalized spacial score (nSPS) is 13.4. The van der Waals surface area contributed by atoms with Gasteiger partial charge in [0.25, 0.3) is 0 Å². The van der Waals surface area contributed by atoms with Crippen molar-refractivity contribution in [2.75, 3.05) is 27.4 Å². The van der Waals surface area contributed by atoms with Gasteiger partial charge in [-0.05, 0) is 13.8 Å². The predicted octanol–water partition coefficient (Wildman–Crippen LogP) is 0.492. The van der Waals surface area contributed by atoms with E-state index in [1.54, 1.807) is 0 Å². The van der Waals surface area contributed by atoms with Crippen LogP contribution in [0.3, 0.4) is 0 Å². The van der Waals surface area contributed by atoms with Crippen molar-refractivity contribution in [3.8, 4) is 0 Å². The van der Waals surface area contributed by atoms with Crippen LogP contribution in [-0.4, -0.2) is 57.4 Å². The molecule has 7 nitrogen and oxygen atoms in total. The summed E-state index contributed by atoms with van der Waals surface area (Å²) in [5.74, 6) is -1.44. The van der Waals surface area contributed by atoms with Crippen LogP contribution in [0.1, 0.15) is 26.7 Å². The van der Waals surface area contributed by atoms with Gasteiger partial charge in [0, 0.05) is 20.6 Å². The van der Waals surface area contributed by atoms with Crippen LogP contribution in [-0.2, 0) is 33.3 Å². The minimum Gasteiger partial charge on any atom is -0.463 e. The van der Waals surface area contributed by atoms with Crippen molar-refractivity contribution in [1.82, 2.24) is 0 Å². The molecule has 0 radical (unpaired) electrons. The van der Waals surface area contributed by atoms with Gasteiger partial charge in [-0.25, -0.2) is 4.79 Å². The van der Waals surface area contributed by atoms with E-state index in [0.717, 1.165) is 0 Å². The minimum absolute atomic E-state index is 0.0401. The Labute approximate surface area is 118 Å². The molecule has 0 aromatic carbocycles. The highest BCUT2D eigenvalue weighted by Crippen LogP contribution is 2.04. The molecule has 0 aliphatic heterocycles. The molecule has 0 aromatic rings. The lowest BCUT2D eigenvalue weighted by atomic mass is 10.1. The molecule has 0 aliphatic carbocycles. The number of ketones is 1. The summed E-state index contributed by atoms with van der Waals surface area (Å²) in [6, 6.07) is 0. The topological polar surface area (TPSA) is 88.1 Å². The maximum absolute atomic E-state index is 11.7. The molecular weight excluding hydrogens is 268 g/mol. The standard InChI is InChI=1S/C13H22O7/c1-9(20-13(16)10(2)18-4)11(14)5-6-12(15)19-8-7-17-3/h9-10H,5-8H2,1-4H3. The number of rotatable bonds is 10. The van der Waals surface area contributed by atoms with Crippen molar-refractivity contribution in [2.45, 2.75) is 38.9 Å². The van der Waals surface area contributed by atoms with E-state index in [1.807, 2.05) is 0 Å². The zero-order chi connectivity index (χ0) is 15.5. The summed E-state index contributed by atoms with van der Waals surface area (Å²) in [6.45, 7) is 3.44. The van der Waals surface area contributed by atoms with Crippen LogP contribution in [0.5, 0.6) is 0 Å². The number of carbonyl (C=O) groups excluding carboxylic acids is 3. The Morgan fingerprint density at radius 1 is 0.950 bits per heavy atom. The lowest BCUT2D eigenvalue weighted by Gasteiger charge is -2.14. The first-order valence-electron chi connectivity index (χ1n) is 6.33. The van der Waals surface area contributed by atoms with Crippen molar-refractivity contribution in [3.63, 3.8) is 0 Å². The third-order valence-electron chi connectivity index (χ3n) is 2.56. The van der Waals surface area contributed by atoms with Crippen LogP contribution in [0.15, 0.2) is 0 Å². The van der Waals surface area contributed by atoms with E-state index in [0.29, 0.717) is 6.61 Å². The zero-order valence-electron chi connectivity index (χ0n) is 12.3. The largest absolute Gasteiger partial charge is 0.463 e. The summed E-state index contributed by atoms with van der Waals surface area (Å²) in [4.78, 5) is 34.3. The average molecular weight is 290 g/mol. The van der Waals surface area contributed by atoms with Gasteiger partial charge in [-0.2, -0.15) is 0 Å². The third-order valence-corrected chi connectivity index (χ3v) is 2.56. The molecule has 0 heterocycles. The fourth-order valence-electron chi connectivity index (χ4n) is 1.17.